The van der Waals surface area contributed by atoms with Gasteiger partial charge in [-0.05, 0) is 12.8 Å². The number of carbonyl (C=O) groups is 4. The van der Waals surface area contributed by atoms with Crippen molar-refractivity contribution >= 4 is 29.7 Å². The zero-order valence-corrected chi connectivity index (χ0v) is 14.1. The molecule has 0 aromatic rings. The van der Waals surface area contributed by atoms with Crippen molar-refractivity contribution in [2.24, 2.45) is 27.9 Å². The van der Waals surface area contributed by atoms with Crippen molar-refractivity contribution in [1.29, 1.82) is 0 Å². The Morgan fingerprint density at radius 2 is 1.58 bits per heavy atom. The molecule has 0 saturated heterocycles. The Hall–Kier alpha value is -2.93. The number of aliphatic carboxylic acids is 1. The van der Waals surface area contributed by atoms with Crippen LogP contribution in [0.15, 0.2) is 4.99 Å². The van der Waals surface area contributed by atoms with E-state index in [1.54, 1.807) is 0 Å². The van der Waals surface area contributed by atoms with Gasteiger partial charge in [-0.1, -0.05) is 0 Å². The maximum atomic E-state index is 12.1. The number of primary amides is 1. The van der Waals surface area contributed by atoms with E-state index in [1.165, 1.54) is 0 Å². The second kappa shape index (κ2) is 11.6. The lowest BCUT2D eigenvalue weighted by Gasteiger charge is -2.21. The Kier molecular flexibility index (Phi) is 10.3. The van der Waals surface area contributed by atoms with Crippen LogP contribution in [0, 0.1) is 0 Å². The number of hydrogen-bond donors (Lipinski definition) is 8. The standard InChI is InChI=1S/C13H25N7O6/c14-6(4-9(15)22)10(23)20-8(5-21)11(24)19-7(12(25)26)2-1-3-18-13(16)17/h6-8,21H,1-5,14H2,(H2,15,22)(H,19,24)(H,20,23)(H,25,26)(H4,16,17,18)/t6-,7-,8-/m0/s1. The maximum absolute atomic E-state index is 12.1. The highest BCUT2D eigenvalue weighted by Crippen LogP contribution is 2.00. The number of rotatable bonds is 12. The highest BCUT2D eigenvalue weighted by molar-refractivity contribution is 5.93. The minimum Gasteiger partial charge on any atom is -0.480 e. The predicted octanol–water partition coefficient (Wildman–Crippen LogP) is -4.71. The van der Waals surface area contributed by atoms with Crippen molar-refractivity contribution in [2.45, 2.75) is 37.4 Å². The van der Waals surface area contributed by atoms with E-state index in [4.69, 9.17) is 28.0 Å². The Morgan fingerprint density at radius 3 is 2.04 bits per heavy atom. The average molecular weight is 375 g/mol. The Labute approximate surface area is 149 Å². The molecule has 0 saturated carbocycles. The van der Waals surface area contributed by atoms with Gasteiger partial charge in [-0.15, -0.1) is 0 Å². The molecule has 0 heterocycles. The summed E-state index contributed by atoms with van der Waals surface area (Å²) in [6.45, 7) is -0.634. The molecule has 148 valence electrons. The minimum atomic E-state index is -1.44. The quantitative estimate of drug-likeness (QED) is 0.0924. The highest BCUT2D eigenvalue weighted by Gasteiger charge is 2.27. The zero-order valence-electron chi connectivity index (χ0n) is 14.1. The maximum Gasteiger partial charge on any atom is 0.326 e. The first-order valence-electron chi connectivity index (χ1n) is 7.62. The first kappa shape index (κ1) is 23.1. The van der Waals surface area contributed by atoms with Crippen LogP contribution in [0.5, 0.6) is 0 Å². The van der Waals surface area contributed by atoms with Crippen molar-refractivity contribution in [3.63, 3.8) is 0 Å². The molecule has 0 rings (SSSR count). The number of carbonyl (C=O) groups excluding carboxylic acids is 3. The van der Waals surface area contributed by atoms with Crippen LogP contribution in [-0.4, -0.2) is 71.1 Å². The Morgan fingerprint density at radius 1 is 1.00 bits per heavy atom. The molecule has 0 unspecified atom stereocenters. The van der Waals surface area contributed by atoms with E-state index >= 15 is 0 Å². The molecular weight excluding hydrogens is 350 g/mol. The van der Waals surface area contributed by atoms with Crippen molar-refractivity contribution in [1.82, 2.24) is 10.6 Å². The van der Waals surface area contributed by atoms with Crippen LogP contribution in [0.4, 0.5) is 0 Å². The lowest BCUT2D eigenvalue weighted by atomic mass is 10.1. The van der Waals surface area contributed by atoms with Crippen LogP contribution in [0.2, 0.25) is 0 Å². The van der Waals surface area contributed by atoms with Crippen molar-refractivity contribution < 1.29 is 29.4 Å². The van der Waals surface area contributed by atoms with Crippen LogP contribution in [0.25, 0.3) is 0 Å². The van der Waals surface area contributed by atoms with Crippen molar-refractivity contribution in [2.75, 3.05) is 13.2 Å². The van der Waals surface area contributed by atoms with Gasteiger partial charge in [0.15, 0.2) is 5.96 Å². The fraction of sp³-hybridized carbons (Fsp3) is 0.615. The number of nitrogens with two attached hydrogens (primary N) is 4. The van der Waals surface area contributed by atoms with E-state index < -0.39 is 54.8 Å². The van der Waals surface area contributed by atoms with Crippen LogP contribution in [-0.2, 0) is 19.2 Å². The predicted molar refractivity (Wildman–Crippen MR) is 90.3 cm³/mol. The van der Waals surface area contributed by atoms with E-state index in [2.05, 4.69) is 15.6 Å². The molecule has 0 aromatic carbocycles. The molecular formula is C13H25N7O6. The lowest BCUT2D eigenvalue weighted by Crippen LogP contribution is -2.56. The summed E-state index contributed by atoms with van der Waals surface area (Å²) in [5.41, 5.74) is 20.6. The molecule has 0 spiro atoms. The third-order valence-corrected chi connectivity index (χ3v) is 3.13. The summed E-state index contributed by atoms with van der Waals surface area (Å²) in [6.07, 6.45) is -0.159. The summed E-state index contributed by atoms with van der Waals surface area (Å²) in [6, 6.07) is -4.02. The van der Waals surface area contributed by atoms with Gasteiger partial charge >= 0.3 is 5.97 Å². The minimum absolute atomic E-state index is 0.0190. The monoisotopic (exact) mass is 375 g/mol. The third-order valence-electron chi connectivity index (χ3n) is 3.13. The van der Waals surface area contributed by atoms with Gasteiger partial charge in [0.1, 0.15) is 12.1 Å². The Balaban J connectivity index is 4.71. The summed E-state index contributed by atoms with van der Waals surface area (Å²) < 4.78 is 0. The average Bonchev–Trinajstić information content (AvgIpc) is 2.53. The van der Waals surface area contributed by atoms with Gasteiger partial charge in [-0.3, -0.25) is 19.4 Å². The number of aliphatic hydroxyl groups excluding tert-OH is 1. The van der Waals surface area contributed by atoms with Gasteiger partial charge in [-0.2, -0.15) is 0 Å². The molecule has 0 fully saturated rings. The largest absolute Gasteiger partial charge is 0.480 e. The van der Waals surface area contributed by atoms with Gasteiger partial charge in [-0.25, -0.2) is 4.79 Å². The van der Waals surface area contributed by atoms with Crippen LogP contribution < -0.4 is 33.6 Å². The third kappa shape index (κ3) is 9.39. The summed E-state index contributed by atoms with van der Waals surface area (Å²) in [7, 11) is 0. The number of carboxylic acid groups (broad SMARTS) is 1. The highest BCUT2D eigenvalue weighted by atomic mass is 16.4. The molecule has 26 heavy (non-hydrogen) atoms. The molecule has 0 aliphatic carbocycles. The number of guanidine groups is 1. The van der Waals surface area contributed by atoms with Crippen LogP contribution >= 0.6 is 0 Å². The van der Waals surface area contributed by atoms with E-state index in [1.807, 2.05) is 0 Å². The lowest BCUT2D eigenvalue weighted by molar-refractivity contribution is -0.142. The van der Waals surface area contributed by atoms with Gasteiger partial charge in [0.05, 0.1) is 19.1 Å². The van der Waals surface area contributed by atoms with Gasteiger partial charge in [0, 0.05) is 6.54 Å². The number of nitrogens with zero attached hydrogens (tertiary/aromatic N) is 1. The summed E-state index contributed by atoms with van der Waals surface area (Å²) in [4.78, 5) is 49.4. The SMILES string of the molecule is NC(=O)C[C@H](N)C(=O)N[C@@H](CO)C(=O)N[C@@H](CCCN=C(N)N)C(=O)O. The fourth-order valence-electron chi connectivity index (χ4n) is 1.82. The topological polar surface area (TPSA) is 249 Å². The van der Waals surface area contributed by atoms with E-state index in [0.29, 0.717) is 0 Å². The number of hydrogen-bond acceptors (Lipinski definition) is 7. The first-order valence-corrected chi connectivity index (χ1v) is 7.62. The fourth-order valence-corrected chi connectivity index (χ4v) is 1.82. The normalized spacial score (nSPS) is 13.8. The molecule has 3 atom stereocenters. The Bertz CT molecular complexity index is 549. The molecule has 0 aromatic heterocycles. The number of amides is 3. The summed E-state index contributed by atoms with van der Waals surface area (Å²) in [5, 5.41) is 22.7. The zero-order chi connectivity index (χ0) is 20.3. The molecule has 0 aliphatic rings. The molecule has 0 aliphatic heterocycles. The smallest absolute Gasteiger partial charge is 0.326 e. The van der Waals surface area contributed by atoms with Gasteiger partial charge in [0.2, 0.25) is 17.7 Å². The molecule has 0 radical (unpaired) electrons. The van der Waals surface area contributed by atoms with E-state index in [0.717, 1.165) is 0 Å². The second-order valence-electron chi connectivity index (χ2n) is 5.37. The molecule has 13 nitrogen and oxygen atoms in total. The van der Waals surface area contributed by atoms with Crippen molar-refractivity contribution in [3.05, 3.63) is 0 Å². The molecule has 0 bridgehead atoms. The number of aliphatic imine (C=N–C) groups is 1. The number of carboxylic acids is 1. The molecule has 13 heteroatoms. The van der Waals surface area contributed by atoms with Crippen LogP contribution in [0.1, 0.15) is 19.3 Å². The second-order valence-corrected chi connectivity index (χ2v) is 5.37. The summed E-state index contributed by atoms with van der Waals surface area (Å²) >= 11 is 0. The molecule has 12 N–H and O–H groups in total. The summed E-state index contributed by atoms with van der Waals surface area (Å²) in [5.74, 6) is -4.09. The van der Waals surface area contributed by atoms with Crippen molar-refractivity contribution in [3.8, 4) is 0 Å². The van der Waals surface area contributed by atoms with E-state index in [-0.39, 0.29) is 25.3 Å². The van der Waals surface area contributed by atoms with Gasteiger partial charge in [0.25, 0.3) is 0 Å². The van der Waals surface area contributed by atoms with Gasteiger partial charge < -0.3 is 43.8 Å². The first-order chi connectivity index (χ1) is 12.1. The molecule has 3 amide bonds. The number of aliphatic hydroxyl groups is 1. The number of nitrogens with one attached hydrogen (secondary N) is 2. The van der Waals surface area contributed by atoms with Crippen LogP contribution in [0.3, 0.4) is 0 Å². The van der Waals surface area contributed by atoms with E-state index in [9.17, 15) is 24.3 Å².